The van der Waals surface area contributed by atoms with E-state index in [-0.39, 0.29) is 24.3 Å². The highest BCUT2D eigenvalue weighted by atomic mass is 16.2. The number of benzene rings is 2. The van der Waals surface area contributed by atoms with Gasteiger partial charge in [-0.15, -0.1) is 0 Å². The first kappa shape index (κ1) is 15.3. The lowest BCUT2D eigenvalue weighted by atomic mass is 10.0. The minimum absolute atomic E-state index is 0.00328. The third-order valence-corrected chi connectivity index (χ3v) is 5.52. The molecular weight excluding hydrogens is 300 g/mol. The predicted octanol–water partition coefficient (Wildman–Crippen LogP) is 1.56. The number of fused-ring (bicyclic) bond motifs is 1. The van der Waals surface area contributed by atoms with Gasteiger partial charge in [0.05, 0.1) is 13.1 Å². The second-order valence-corrected chi connectivity index (χ2v) is 7.46. The van der Waals surface area contributed by atoms with Crippen LogP contribution in [0.1, 0.15) is 35.2 Å². The van der Waals surface area contributed by atoms with Gasteiger partial charge in [-0.25, -0.2) is 0 Å². The Morgan fingerprint density at radius 1 is 1.17 bits per heavy atom. The first-order chi connectivity index (χ1) is 11.5. The number of amides is 1. The van der Waals surface area contributed by atoms with Crippen molar-refractivity contribution in [3.8, 4) is 0 Å². The van der Waals surface area contributed by atoms with Gasteiger partial charge in [0, 0.05) is 17.4 Å². The lowest BCUT2D eigenvalue weighted by molar-refractivity contribution is -0.660. The summed E-state index contributed by atoms with van der Waals surface area (Å²) in [5, 5.41) is 7.14. The van der Waals surface area contributed by atoms with Crippen molar-refractivity contribution in [1.29, 1.82) is 0 Å². The molecule has 1 amide bonds. The normalized spacial score (nSPS) is 21.1. The van der Waals surface area contributed by atoms with Crippen LogP contribution in [0.5, 0.6) is 0 Å². The average molecular weight is 323 g/mol. The maximum atomic E-state index is 12.4. The largest absolute Gasteiger partial charge is 0.343 e. The molecule has 0 bridgehead atoms. The molecule has 1 heterocycles. The van der Waals surface area contributed by atoms with E-state index in [1.807, 2.05) is 30.3 Å². The van der Waals surface area contributed by atoms with Gasteiger partial charge in [-0.2, -0.15) is 0 Å². The van der Waals surface area contributed by atoms with Crippen molar-refractivity contribution in [3.63, 3.8) is 0 Å². The molecule has 0 radical (unpaired) electrons. The Balaban J connectivity index is 1.39. The summed E-state index contributed by atoms with van der Waals surface area (Å²) in [6, 6.07) is 11.9. The number of ketones is 1. The number of rotatable bonds is 4. The SMILES string of the molecule is Cc1ccc2cc(C(=O)CNC(=O)C3CC4(CC4)C[NH2+]3)ccc2c1. The summed E-state index contributed by atoms with van der Waals surface area (Å²) in [6.45, 7) is 3.19. The molecule has 124 valence electrons. The molecule has 4 nitrogen and oxygen atoms in total. The number of quaternary nitrogens is 1. The van der Waals surface area contributed by atoms with Crippen LogP contribution in [0.25, 0.3) is 10.8 Å². The smallest absolute Gasteiger partial charge is 0.278 e. The molecule has 24 heavy (non-hydrogen) atoms. The van der Waals surface area contributed by atoms with Crippen molar-refractivity contribution < 1.29 is 14.9 Å². The number of hydrogen-bond donors (Lipinski definition) is 2. The molecule has 1 aliphatic carbocycles. The first-order valence-electron chi connectivity index (χ1n) is 8.69. The molecule has 1 spiro atoms. The number of Topliss-reactive ketones (excluding diaryl/α,β-unsaturated/α-hetero) is 1. The second-order valence-electron chi connectivity index (χ2n) is 7.46. The Hall–Kier alpha value is -2.20. The van der Waals surface area contributed by atoms with Crippen molar-refractivity contribution in [3.05, 3.63) is 47.5 Å². The maximum absolute atomic E-state index is 12.4. The highest BCUT2D eigenvalue weighted by Gasteiger charge is 2.53. The number of aryl methyl sites for hydroxylation is 1. The molecule has 4 heteroatoms. The van der Waals surface area contributed by atoms with Crippen molar-refractivity contribution >= 4 is 22.5 Å². The van der Waals surface area contributed by atoms with E-state index in [9.17, 15) is 9.59 Å². The van der Waals surface area contributed by atoms with Crippen LogP contribution in [0, 0.1) is 12.3 Å². The summed E-state index contributed by atoms with van der Waals surface area (Å²) in [4.78, 5) is 24.6. The van der Waals surface area contributed by atoms with Crippen LogP contribution in [-0.4, -0.2) is 30.8 Å². The van der Waals surface area contributed by atoms with E-state index in [0.29, 0.717) is 11.0 Å². The molecule has 1 aliphatic heterocycles. The molecule has 2 aromatic carbocycles. The first-order valence-corrected chi connectivity index (χ1v) is 8.69. The molecule has 2 aromatic rings. The van der Waals surface area contributed by atoms with Gasteiger partial charge in [0.15, 0.2) is 11.8 Å². The van der Waals surface area contributed by atoms with Crippen molar-refractivity contribution in [2.75, 3.05) is 13.1 Å². The summed E-state index contributed by atoms with van der Waals surface area (Å²) in [7, 11) is 0. The molecule has 4 rings (SSSR count). The second kappa shape index (κ2) is 5.71. The van der Waals surface area contributed by atoms with Crippen LogP contribution in [0.2, 0.25) is 0 Å². The summed E-state index contributed by atoms with van der Waals surface area (Å²) in [5.74, 6) is -0.0338. The van der Waals surface area contributed by atoms with Crippen molar-refractivity contribution in [2.24, 2.45) is 5.41 Å². The average Bonchev–Trinajstić information content (AvgIpc) is 3.20. The Morgan fingerprint density at radius 3 is 2.67 bits per heavy atom. The fourth-order valence-electron chi connectivity index (χ4n) is 3.75. The summed E-state index contributed by atoms with van der Waals surface area (Å²) in [5.41, 5.74) is 2.29. The number of hydrogen-bond acceptors (Lipinski definition) is 2. The van der Waals surface area contributed by atoms with Crippen LogP contribution >= 0.6 is 0 Å². The lowest BCUT2D eigenvalue weighted by Crippen LogP contribution is -2.89. The van der Waals surface area contributed by atoms with Gasteiger partial charge in [0.25, 0.3) is 5.91 Å². The zero-order valence-corrected chi connectivity index (χ0v) is 14.0. The monoisotopic (exact) mass is 323 g/mol. The lowest BCUT2D eigenvalue weighted by Gasteiger charge is -2.09. The van der Waals surface area contributed by atoms with E-state index in [4.69, 9.17) is 0 Å². The summed E-state index contributed by atoms with van der Waals surface area (Å²) < 4.78 is 0. The Kier molecular flexibility index (Phi) is 3.65. The van der Waals surface area contributed by atoms with Crippen LogP contribution in [0.15, 0.2) is 36.4 Å². The Morgan fingerprint density at radius 2 is 1.92 bits per heavy atom. The van der Waals surface area contributed by atoms with Gasteiger partial charge in [0.1, 0.15) is 0 Å². The predicted molar refractivity (Wildman–Crippen MR) is 92.9 cm³/mol. The van der Waals surface area contributed by atoms with Gasteiger partial charge in [0.2, 0.25) is 0 Å². The van der Waals surface area contributed by atoms with E-state index in [0.717, 1.165) is 23.7 Å². The highest BCUT2D eigenvalue weighted by Crippen LogP contribution is 2.49. The fraction of sp³-hybridized carbons (Fsp3) is 0.400. The van der Waals surface area contributed by atoms with Gasteiger partial charge in [-0.3, -0.25) is 9.59 Å². The molecule has 2 aliphatic rings. The van der Waals surface area contributed by atoms with Crippen LogP contribution in [-0.2, 0) is 4.79 Å². The highest BCUT2D eigenvalue weighted by molar-refractivity contribution is 6.02. The molecule has 1 saturated heterocycles. The van der Waals surface area contributed by atoms with Crippen molar-refractivity contribution in [1.82, 2.24) is 5.32 Å². The van der Waals surface area contributed by atoms with Gasteiger partial charge >= 0.3 is 0 Å². The topological polar surface area (TPSA) is 62.8 Å². The quantitative estimate of drug-likeness (QED) is 0.839. The Bertz CT molecular complexity index is 823. The van der Waals surface area contributed by atoms with Crippen molar-refractivity contribution in [2.45, 2.75) is 32.2 Å². The minimum atomic E-state index is -0.0371. The van der Waals surface area contributed by atoms with E-state index in [1.165, 1.54) is 18.4 Å². The minimum Gasteiger partial charge on any atom is -0.343 e. The molecule has 1 saturated carbocycles. The number of carbonyl (C=O) groups excluding carboxylic acids is 2. The molecule has 0 aromatic heterocycles. The van der Waals surface area contributed by atoms with Gasteiger partial charge in [-0.1, -0.05) is 35.9 Å². The summed E-state index contributed by atoms with van der Waals surface area (Å²) in [6.07, 6.45) is 3.47. The number of carbonyl (C=O) groups is 2. The number of nitrogens with one attached hydrogen (secondary N) is 1. The third-order valence-electron chi connectivity index (χ3n) is 5.52. The Labute approximate surface area is 141 Å². The third kappa shape index (κ3) is 2.94. The maximum Gasteiger partial charge on any atom is 0.278 e. The molecule has 2 fully saturated rings. The van der Waals surface area contributed by atoms with Crippen LogP contribution in [0.3, 0.4) is 0 Å². The fourth-order valence-corrected chi connectivity index (χ4v) is 3.75. The van der Waals surface area contributed by atoms with Crippen LogP contribution < -0.4 is 10.6 Å². The molecule has 3 N–H and O–H groups in total. The van der Waals surface area contributed by atoms with Gasteiger partial charge < -0.3 is 10.6 Å². The van der Waals surface area contributed by atoms with E-state index >= 15 is 0 Å². The molecule has 1 atom stereocenters. The van der Waals surface area contributed by atoms with Gasteiger partial charge in [-0.05, 0) is 36.6 Å². The van der Waals surface area contributed by atoms with E-state index in [2.05, 4.69) is 23.6 Å². The van der Waals surface area contributed by atoms with Crippen LogP contribution in [0.4, 0.5) is 0 Å². The zero-order chi connectivity index (χ0) is 16.7. The van der Waals surface area contributed by atoms with E-state index in [1.54, 1.807) is 0 Å². The summed E-state index contributed by atoms with van der Waals surface area (Å²) >= 11 is 0. The molecule has 1 unspecified atom stereocenters. The zero-order valence-electron chi connectivity index (χ0n) is 14.0. The standard InChI is InChI=1S/C20H22N2O2/c1-13-2-3-15-9-16(5-4-14(15)8-13)18(23)11-21-19(24)17-10-20(6-7-20)12-22-17/h2-5,8-9,17,22H,6-7,10-12H2,1H3,(H,21,24)/p+1. The molecular formula is C20H23N2O2+. The number of nitrogens with two attached hydrogens (primary N) is 1. The van der Waals surface area contributed by atoms with E-state index < -0.39 is 0 Å².